The van der Waals surface area contributed by atoms with E-state index >= 15 is 0 Å². The molecule has 2 aromatic rings. The number of benzene rings is 2. The molecule has 0 unspecified atom stereocenters. The SMILES string of the molecule is CN1C(c2[c-]cccc2)=NCc2ccccc21.[Ir]. The van der Waals surface area contributed by atoms with Crippen LogP contribution >= 0.6 is 0 Å². The molecule has 0 saturated heterocycles. The summed E-state index contributed by atoms with van der Waals surface area (Å²) < 4.78 is 0. The van der Waals surface area contributed by atoms with Crippen LogP contribution in [0.15, 0.2) is 53.5 Å². The van der Waals surface area contributed by atoms with Crippen LogP contribution in [0.3, 0.4) is 0 Å². The van der Waals surface area contributed by atoms with Crippen molar-refractivity contribution in [1.82, 2.24) is 0 Å². The van der Waals surface area contributed by atoms with E-state index in [0.29, 0.717) is 0 Å². The molecule has 0 bridgehead atoms. The topological polar surface area (TPSA) is 15.6 Å². The van der Waals surface area contributed by atoms with Gasteiger partial charge in [-0.2, -0.15) is 0 Å². The van der Waals surface area contributed by atoms with Crippen molar-refractivity contribution < 1.29 is 20.1 Å². The van der Waals surface area contributed by atoms with Crippen LogP contribution in [0.25, 0.3) is 0 Å². The first-order chi connectivity index (χ1) is 8.36. The Balaban J connectivity index is 0.00000120. The zero-order valence-corrected chi connectivity index (χ0v) is 12.4. The molecule has 0 amide bonds. The van der Waals surface area contributed by atoms with Crippen LogP contribution in [0.1, 0.15) is 11.1 Å². The maximum atomic E-state index is 4.63. The van der Waals surface area contributed by atoms with Crippen molar-refractivity contribution in [1.29, 1.82) is 0 Å². The van der Waals surface area contributed by atoms with E-state index in [1.807, 2.05) is 24.3 Å². The molecule has 3 heteroatoms. The van der Waals surface area contributed by atoms with Crippen molar-refractivity contribution in [3.8, 4) is 0 Å². The number of fused-ring (bicyclic) bond motifs is 1. The summed E-state index contributed by atoms with van der Waals surface area (Å²) in [5.41, 5.74) is 3.55. The van der Waals surface area contributed by atoms with Crippen LogP contribution in [0.5, 0.6) is 0 Å². The summed E-state index contributed by atoms with van der Waals surface area (Å²) in [6, 6.07) is 19.6. The van der Waals surface area contributed by atoms with E-state index in [0.717, 1.165) is 17.9 Å². The van der Waals surface area contributed by atoms with Gasteiger partial charge in [0.1, 0.15) is 0 Å². The first kappa shape index (κ1) is 13.0. The fourth-order valence-corrected chi connectivity index (χ4v) is 2.15. The van der Waals surface area contributed by atoms with Gasteiger partial charge >= 0.3 is 0 Å². The number of amidine groups is 1. The Labute approximate surface area is 121 Å². The molecule has 1 radical (unpaired) electrons. The first-order valence-corrected chi connectivity index (χ1v) is 5.69. The second-order valence-electron chi connectivity index (χ2n) is 4.10. The Morgan fingerprint density at radius 3 is 2.67 bits per heavy atom. The van der Waals surface area contributed by atoms with Crippen LogP contribution in [0.2, 0.25) is 0 Å². The monoisotopic (exact) mass is 414 g/mol. The molecule has 93 valence electrons. The van der Waals surface area contributed by atoms with E-state index in [4.69, 9.17) is 0 Å². The van der Waals surface area contributed by atoms with Crippen LogP contribution in [-0.2, 0) is 26.7 Å². The summed E-state index contributed by atoms with van der Waals surface area (Å²) in [6.07, 6.45) is 0. The van der Waals surface area contributed by atoms with Gasteiger partial charge in [-0.15, -0.1) is 35.9 Å². The molecule has 3 rings (SSSR count). The summed E-state index contributed by atoms with van der Waals surface area (Å²) in [4.78, 5) is 6.76. The van der Waals surface area contributed by atoms with Crippen molar-refractivity contribution >= 4 is 11.5 Å². The first-order valence-electron chi connectivity index (χ1n) is 5.69. The van der Waals surface area contributed by atoms with E-state index in [9.17, 15) is 0 Å². The van der Waals surface area contributed by atoms with E-state index in [1.165, 1.54) is 11.3 Å². The quantitative estimate of drug-likeness (QED) is 0.657. The average molecular weight is 414 g/mol. The maximum Gasteiger partial charge on any atom is 0.0576 e. The molecule has 18 heavy (non-hydrogen) atoms. The summed E-state index contributed by atoms with van der Waals surface area (Å²) >= 11 is 0. The molecule has 0 spiro atoms. The van der Waals surface area contributed by atoms with Crippen molar-refractivity contribution in [3.63, 3.8) is 0 Å². The van der Waals surface area contributed by atoms with Crippen molar-refractivity contribution in [2.45, 2.75) is 6.54 Å². The number of para-hydroxylation sites is 1. The smallest absolute Gasteiger partial charge is 0.0576 e. The minimum atomic E-state index is 0. The summed E-state index contributed by atoms with van der Waals surface area (Å²) in [5.74, 6) is 0.990. The van der Waals surface area contributed by atoms with Gasteiger partial charge in [0.2, 0.25) is 0 Å². The molecule has 1 aliphatic rings. The minimum absolute atomic E-state index is 0. The Bertz CT molecular complexity index is 564. The fourth-order valence-electron chi connectivity index (χ4n) is 2.15. The Morgan fingerprint density at radius 2 is 1.89 bits per heavy atom. The minimum Gasteiger partial charge on any atom is -0.369 e. The third-order valence-corrected chi connectivity index (χ3v) is 3.02. The zero-order valence-electron chi connectivity index (χ0n) is 10.1. The number of anilines is 1. The Morgan fingerprint density at radius 1 is 1.11 bits per heavy atom. The molecule has 0 aromatic heterocycles. The van der Waals surface area contributed by atoms with Crippen LogP contribution in [0, 0.1) is 6.07 Å². The predicted octanol–water partition coefficient (Wildman–Crippen LogP) is 2.88. The molecule has 0 aliphatic carbocycles. The van der Waals surface area contributed by atoms with Gasteiger partial charge in [-0.25, -0.2) is 0 Å². The molecule has 1 heterocycles. The van der Waals surface area contributed by atoms with Crippen molar-refractivity contribution in [2.24, 2.45) is 4.99 Å². The molecule has 0 saturated carbocycles. The fraction of sp³-hybridized carbons (Fsp3) is 0.133. The van der Waals surface area contributed by atoms with Gasteiger partial charge in [-0.1, -0.05) is 18.2 Å². The van der Waals surface area contributed by atoms with Crippen molar-refractivity contribution in [2.75, 3.05) is 11.9 Å². The van der Waals surface area contributed by atoms with Crippen LogP contribution < -0.4 is 4.90 Å². The van der Waals surface area contributed by atoms with Crippen LogP contribution in [0.4, 0.5) is 5.69 Å². The van der Waals surface area contributed by atoms with E-state index in [1.54, 1.807) is 0 Å². The second-order valence-corrected chi connectivity index (χ2v) is 4.10. The van der Waals surface area contributed by atoms with E-state index in [-0.39, 0.29) is 20.1 Å². The molecule has 0 atom stereocenters. The third-order valence-electron chi connectivity index (χ3n) is 3.02. The molecule has 1 aliphatic heterocycles. The van der Waals surface area contributed by atoms with Gasteiger partial charge in [0.25, 0.3) is 0 Å². The molecule has 0 fully saturated rings. The maximum absolute atomic E-state index is 4.63. The van der Waals surface area contributed by atoms with E-state index < -0.39 is 0 Å². The molecular weight excluding hydrogens is 400 g/mol. The number of aliphatic imine (C=N–C) groups is 1. The molecule has 0 N–H and O–H groups in total. The molecule has 2 aromatic carbocycles. The molecular formula is C15H13IrN2-. The van der Waals surface area contributed by atoms with Gasteiger partial charge in [0.05, 0.1) is 12.4 Å². The molecule has 2 nitrogen and oxygen atoms in total. The Kier molecular flexibility index (Phi) is 3.95. The Hall–Kier alpha value is -1.44. The second kappa shape index (κ2) is 5.47. The van der Waals surface area contributed by atoms with Gasteiger partial charge in [-0.3, -0.25) is 0 Å². The van der Waals surface area contributed by atoms with Gasteiger partial charge in [0, 0.05) is 32.8 Å². The number of hydrogen-bond acceptors (Lipinski definition) is 2. The number of hydrogen-bond donors (Lipinski definition) is 0. The largest absolute Gasteiger partial charge is 0.369 e. The standard InChI is InChI=1S/C15H13N2.Ir/c1-17-14-10-6-5-9-13(14)11-16-15(17)12-7-3-2-4-8-12;/h2-7,9-10H,11H2,1H3;/q-1;. The summed E-state index contributed by atoms with van der Waals surface area (Å²) in [5, 5.41) is 0. The average Bonchev–Trinajstić information content (AvgIpc) is 2.40. The number of nitrogens with zero attached hydrogens (tertiary/aromatic N) is 2. The third kappa shape index (κ3) is 2.24. The van der Waals surface area contributed by atoms with Gasteiger partial charge in [-0.05, 0) is 11.6 Å². The summed E-state index contributed by atoms with van der Waals surface area (Å²) in [6.45, 7) is 0.749. The predicted molar refractivity (Wildman–Crippen MR) is 70.4 cm³/mol. The van der Waals surface area contributed by atoms with Gasteiger partial charge in [0.15, 0.2) is 0 Å². The summed E-state index contributed by atoms with van der Waals surface area (Å²) in [7, 11) is 2.05. The normalized spacial score (nSPS) is 13.4. The van der Waals surface area contributed by atoms with Crippen LogP contribution in [-0.4, -0.2) is 12.9 Å². The number of rotatable bonds is 1. The van der Waals surface area contributed by atoms with Crippen molar-refractivity contribution in [3.05, 3.63) is 65.7 Å². The van der Waals surface area contributed by atoms with E-state index in [2.05, 4.69) is 47.3 Å². The van der Waals surface area contributed by atoms with Gasteiger partial charge < -0.3 is 9.89 Å². The zero-order chi connectivity index (χ0) is 11.7.